The Hall–Kier alpha value is -2.89. The molecule has 0 radical (unpaired) electrons. The molecule has 0 spiro atoms. The van der Waals surface area contributed by atoms with E-state index >= 15 is 4.39 Å². The predicted molar refractivity (Wildman–Crippen MR) is 112 cm³/mol. The summed E-state index contributed by atoms with van der Waals surface area (Å²) in [5.41, 5.74) is 2.89. The molecule has 2 aromatic carbocycles. The molecule has 0 aliphatic carbocycles. The van der Waals surface area contributed by atoms with Gasteiger partial charge in [-0.2, -0.15) is 13.2 Å². The number of benzene rings is 2. The molecule has 3 N–H and O–H groups in total. The van der Waals surface area contributed by atoms with Gasteiger partial charge in [0.25, 0.3) is 11.8 Å². The van der Waals surface area contributed by atoms with Crippen LogP contribution >= 0.6 is 23.2 Å². The third-order valence-electron chi connectivity index (χ3n) is 4.94. The number of primary amides is 1. The van der Waals surface area contributed by atoms with E-state index in [1.165, 1.54) is 31.3 Å². The number of hydrogen-bond donors (Lipinski definition) is 2. The number of nitrogens with one attached hydrogen (secondary N) is 1. The first-order chi connectivity index (χ1) is 15.3. The van der Waals surface area contributed by atoms with E-state index < -0.39 is 62.7 Å². The normalized spacial score (nSPS) is 17.0. The third-order valence-corrected chi connectivity index (χ3v) is 5.61. The van der Waals surface area contributed by atoms with Gasteiger partial charge < -0.3 is 11.1 Å². The molecule has 1 unspecified atom stereocenters. The number of amides is 2. The second-order valence-corrected chi connectivity index (χ2v) is 7.71. The molecule has 1 heterocycles. The lowest BCUT2D eigenvalue weighted by Gasteiger charge is -2.34. The zero-order valence-corrected chi connectivity index (χ0v) is 18.4. The maximum Gasteiger partial charge on any atom is 0.410 e. The van der Waals surface area contributed by atoms with E-state index in [0.717, 1.165) is 7.05 Å². The molecule has 176 valence electrons. The predicted octanol–water partition coefficient (Wildman–Crippen LogP) is 4.18. The summed E-state index contributed by atoms with van der Waals surface area (Å²) in [7, 11) is 2.22. The molecular weight excluding hydrogens is 494 g/mol. The lowest BCUT2D eigenvalue weighted by molar-refractivity contribution is -0.165. The fraction of sp³-hybridized carbons (Fsp3) is 0.200. The summed E-state index contributed by atoms with van der Waals surface area (Å²) in [6.07, 6.45) is -4.97. The highest BCUT2D eigenvalue weighted by molar-refractivity contribution is 6.36. The summed E-state index contributed by atoms with van der Waals surface area (Å²) >= 11 is 12.1. The van der Waals surface area contributed by atoms with Gasteiger partial charge in [-0.25, -0.2) is 13.8 Å². The van der Waals surface area contributed by atoms with Crippen LogP contribution in [-0.2, 0) is 4.79 Å². The standard InChI is InChI=1S/C20H15Cl2F5N4O2/c1-29-19(33)9-6-4-3-5-8(9)12-14(24)11(23)7-10(21)15(12)31-16(18(28)32)13(22)17(30(31)2)20(25,26)27/h3-7,17H,1-2H3,(H2,28,32)(H,29,33). The fourth-order valence-electron chi connectivity index (χ4n) is 3.59. The van der Waals surface area contributed by atoms with Crippen molar-refractivity contribution in [3.8, 4) is 11.1 Å². The lowest BCUT2D eigenvalue weighted by atomic mass is 9.96. The van der Waals surface area contributed by atoms with Crippen molar-refractivity contribution in [3.05, 3.63) is 63.3 Å². The van der Waals surface area contributed by atoms with E-state index in [1.807, 2.05) is 0 Å². The van der Waals surface area contributed by atoms with E-state index in [9.17, 15) is 27.2 Å². The number of hydrazine groups is 1. The van der Waals surface area contributed by atoms with Crippen LogP contribution in [0.2, 0.25) is 5.02 Å². The number of carbonyl (C=O) groups excluding carboxylic acids is 2. The molecule has 2 amide bonds. The molecule has 33 heavy (non-hydrogen) atoms. The minimum Gasteiger partial charge on any atom is -0.364 e. The zero-order chi connectivity index (χ0) is 24.8. The van der Waals surface area contributed by atoms with Gasteiger partial charge in [0.15, 0.2) is 17.7 Å². The minimum atomic E-state index is -4.97. The van der Waals surface area contributed by atoms with Crippen LogP contribution in [0.25, 0.3) is 11.1 Å². The number of likely N-dealkylation sites (N-methyl/N-ethyl adjacent to an activating group) is 1. The molecule has 2 aromatic rings. The van der Waals surface area contributed by atoms with Crippen molar-refractivity contribution in [1.82, 2.24) is 10.3 Å². The van der Waals surface area contributed by atoms with Gasteiger partial charge in [-0.15, -0.1) is 0 Å². The number of rotatable bonds is 4. The van der Waals surface area contributed by atoms with Crippen molar-refractivity contribution in [2.75, 3.05) is 19.1 Å². The van der Waals surface area contributed by atoms with Gasteiger partial charge in [-0.1, -0.05) is 41.4 Å². The Balaban J connectivity index is 2.43. The van der Waals surface area contributed by atoms with E-state index in [2.05, 4.69) is 5.32 Å². The first-order valence-corrected chi connectivity index (χ1v) is 9.86. The van der Waals surface area contributed by atoms with Crippen LogP contribution < -0.4 is 16.1 Å². The molecule has 0 bridgehead atoms. The highest BCUT2D eigenvalue weighted by Crippen LogP contribution is 2.48. The van der Waals surface area contributed by atoms with Gasteiger partial charge in [-0.3, -0.25) is 14.6 Å². The maximum atomic E-state index is 15.2. The summed E-state index contributed by atoms with van der Waals surface area (Å²) < 4.78 is 70.7. The summed E-state index contributed by atoms with van der Waals surface area (Å²) in [6, 6.07) is 3.38. The second-order valence-electron chi connectivity index (χ2n) is 6.89. The Labute approximate surface area is 194 Å². The number of anilines is 1. The van der Waals surface area contributed by atoms with Gasteiger partial charge in [0.05, 0.1) is 15.7 Å². The van der Waals surface area contributed by atoms with Crippen LogP contribution in [0.1, 0.15) is 10.4 Å². The second kappa shape index (κ2) is 8.81. The fourth-order valence-corrected chi connectivity index (χ4v) is 4.30. The number of alkyl halides is 3. The van der Waals surface area contributed by atoms with Crippen LogP contribution in [0.3, 0.4) is 0 Å². The molecule has 0 saturated heterocycles. The number of nitrogens with zero attached hydrogens (tertiary/aromatic N) is 2. The molecule has 0 saturated carbocycles. The van der Waals surface area contributed by atoms with Gasteiger partial charge >= 0.3 is 6.18 Å². The van der Waals surface area contributed by atoms with Crippen molar-refractivity contribution in [2.24, 2.45) is 5.73 Å². The molecule has 1 aliphatic heterocycles. The number of hydrogen-bond acceptors (Lipinski definition) is 4. The first kappa shape index (κ1) is 24.7. The lowest BCUT2D eigenvalue weighted by Crippen LogP contribution is -2.48. The molecule has 0 aromatic heterocycles. The highest BCUT2D eigenvalue weighted by Gasteiger charge is 2.54. The van der Waals surface area contributed by atoms with Crippen LogP contribution in [0.4, 0.5) is 27.6 Å². The van der Waals surface area contributed by atoms with E-state index in [0.29, 0.717) is 16.1 Å². The molecule has 1 atom stereocenters. The van der Waals surface area contributed by atoms with Crippen molar-refractivity contribution in [3.63, 3.8) is 0 Å². The molecule has 6 nitrogen and oxygen atoms in total. The zero-order valence-electron chi connectivity index (χ0n) is 16.9. The summed E-state index contributed by atoms with van der Waals surface area (Å²) in [5.74, 6) is -5.02. The molecular formula is C20H15Cl2F5N4O2. The Morgan fingerprint density at radius 1 is 1.15 bits per heavy atom. The summed E-state index contributed by atoms with van der Waals surface area (Å²) in [4.78, 5) is 24.5. The van der Waals surface area contributed by atoms with Crippen LogP contribution in [0.5, 0.6) is 0 Å². The topological polar surface area (TPSA) is 78.7 Å². The summed E-state index contributed by atoms with van der Waals surface area (Å²) in [6.45, 7) is 0. The Morgan fingerprint density at radius 3 is 2.30 bits per heavy atom. The minimum absolute atomic E-state index is 0.133. The Bertz CT molecular complexity index is 1190. The van der Waals surface area contributed by atoms with Crippen molar-refractivity contribution in [1.29, 1.82) is 0 Å². The van der Waals surface area contributed by atoms with E-state index in [-0.39, 0.29) is 11.1 Å². The Kier molecular flexibility index (Phi) is 6.60. The van der Waals surface area contributed by atoms with E-state index in [4.69, 9.17) is 28.9 Å². The number of nitrogens with two attached hydrogens (primary N) is 1. The monoisotopic (exact) mass is 508 g/mol. The maximum absolute atomic E-state index is 15.2. The Morgan fingerprint density at radius 2 is 1.76 bits per heavy atom. The highest BCUT2D eigenvalue weighted by atomic mass is 35.5. The van der Waals surface area contributed by atoms with Crippen LogP contribution in [0.15, 0.2) is 41.1 Å². The average molecular weight is 509 g/mol. The third kappa shape index (κ3) is 4.11. The molecule has 3 rings (SSSR count). The first-order valence-electron chi connectivity index (χ1n) is 9.10. The van der Waals surface area contributed by atoms with Crippen molar-refractivity contribution < 1.29 is 31.5 Å². The molecule has 1 aliphatic rings. The van der Waals surface area contributed by atoms with Crippen molar-refractivity contribution in [2.45, 2.75) is 12.2 Å². The smallest absolute Gasteiger partial charge is 0.364 e. The van der Waals surface area contributed by atoms with E-state index in [1.54, 1.807) is 0 Å². The van der Waals surface area contributed by atoms with Gasteiger partial charge in [-0.05, 0) is 17.7 Å². The van der Waals surface area contributed by atoms with Crippen molar-refractivity contribution >= 4 is 40.7 Å². The van der Waals surface area contributed by atoms with Crippen LogP contribution in [0, 0.1) is 11.6 Å². The number of carbonyl (C=O) groups is 2. The largest absolute Gasteiger partial charge is 0.410 e. The van der Waals surface area contributed by atoms with Gasteiger partial charge in [0.2, 0.25) is 0 Å². The van der Waals surface area contributed by atoms with Gasteiger partial charge in [0, 0.05) is 25.2 Å². The average Bonchev–Trinajstić information content (AvgIpc) is 3.00. The molecule has 0 fully saturated rings. The van der Waals surface area contributed by atoms with Gasteiger partial charge in [0.1, 0.15) is 5.70 Å². The molecule has 13 heteroatoms. The quantitative estimate of drug-likeness (QED) is 0.479. The summed E-state index contributed by atoms with van der Waals surface area (Å²) in [5, 5.41) is 1.84. The SMILES string of the molecule is CNC(=O)c1ccccc1-c1c(F)c(F)cc(Cl)c1N1C(C(N)=O)=C(Cl)C(C(F)(F)F)N1C. The van der Waals surface area contributed by atoms with Crippen LogP contribution in [-0.4, -0.2) is 43.1 Å². The number of halogens is 7.